The summed E-state index contributed by atoms with van der Waals surface area (Å²) in [6.07, 6.45) is 0.840. The molecule has 12 heteroatoms. The van der Waals surface area contributed by atoms with Crippen molar-refractivity contribution in [2.24, 2.45) is 0 Å². The Morgan fingerprint density at radius 1 is 1.03 bits per heavy atom. The molecule has 0 aromatic heterocycles. The van der Waals surface area contributed by atoms with Gasteiger partial charge in [0.2, 0.25) is 26.0 Å². The Hall–Kier alpha value is -2.54. The fraction of sp³-hybridized carbons (Fsp3) is 0.350. The van der Waals surface area contributed by atoms with E-state index in [0.29, 0.717) is 18.6 Å². The van der Waals surface area contributed by atoms with Gasteiger partial charge in [0.15, 0.2) is 0 Å². The van der Waals surface area contributed by atoms with Gasteiger partial charge in [-0.05, 0) is 61.4 Å². The van der Waals surface area contributed by atoms with Crippen molar-refractivity contribution >= 4 is 26.0 Å². The number of halogens is 1. The number of hydrogen-bond acceptors (Lipinski definition) is 6. The van der Waals surface area contributed by atoms with Gasteiger partial charge in [-0.2, -0.15) is 4.31 Å². The Bertz CT molecular complexity index is 1150. The van der Waals surface area contributed by atoms with Gasteiger partial charge in [-0.3, -0.25) is 4.79 Å². The molecule has 1 saturated heterocycles. The molecule has 1 amide bonds. The highest BCUT2D eigenvalue weighted by atomic mass is 32.2. The Kier molecular flexibility index (Phi) is 7.49. The van der Waals surface area contributed by atoms with Crippen LogP contribution in [0.25, 0.3) is 0 Å². The van der Waals surface area contributed by atoms with Crippen molar-refractivity contribution in [3.63, 3.8) is 0 Å². The topological polar surface area (TPSA) is 122 Å². The number of sulfonamides is 2. The van der Waals surface area contributed by atoms with Gasteiger partial charge in [-0.25, -0.2) is 25.9 Å². The van der Waals surface area contributed by atoms with E-state index in [2.05, 4.69) is 10.0 Å². The maximum atomic E-state index is 13.1. The van der Waals surface area contributed by atoms with Crippen LogP contribution in [0.1, 0.15) is 12.8 Å². The molecule has 1 unspecified atom stereocenters. The van der Waals surface area contributed by atoms with Crippen molar-refractivity contribution in [3.8, 4) is 5.75 Å². The number of methoxy groups -OCH3 is 1. The lowest BCUT2D eigenvalue weighted by molar-refractivity contribution is -0.124. The monoisotopic (exact) mass is 485 g/mol. The van der Waals surface area contributed by atoms with Gasteiger partial charge in [0.25, 0.3) is 0 Å². The van der Waals surface area contributed by atoms with Crippen LogP contribution in [-0.4, -0.2) is 59.8 Å². The van der Waals surface area contributed by atoms with Crippen molar-refractivity contribution in [1.82, 2.24) is 14.3 Å². The first-order valence-electron chi connectivity index (χ1n) is 9.84. The first-order valence-corrected chi connectivity index (χ1v) is 12.8. The Morgan fingerprint density at radius 3 is 2.28 bits per heavy atom. The number of nitrogens with one attached hydrogen (secondary N) is 2. The van der Waals surface area contributed by atoms with Gasteiger partial charge in [0.1, 0.15) is 17.6 Å². The van der Waals surface area contributed by atoms with E-state index in [-0.39, 0.29) is 29.4 Å². The molecule has 3 rings (SSSR count). The number of rotatable bonds is 9. The van der Waals surface area contributed by atoms with Crippen LogP contribution in [0.4, 0.5) is 4.39 Å². The zero-order valence-electron chi connectivity index (χ0n) is 17.3. The summed E-state index contributed by atoms with van der Waals surface area (Å²) >= 11 is 0. The fourth-order valence-electron chi connectivity index (χ4n) is 3.36. The molecule has 9 nitrogen and oxygen atoms in total. The summed E-state index contributed by atoms with van der Waals surface area (Å²) in [7, 11) is -6.26. The fourth-order valence-corrected chi connectivity index (χ4v) is 6.05. The predicted octanol–water partition coefficient (Wildman–Crippen LogP) is 1.08. The highest BCUT2D eigenvalue weighted by Gasteiger charge is 2.39. The molecule has 0 bridgehead atoms. The van der Waals surface area contributed by atoms with E-state index in [1.54, 1.807) is 0 Å². The highest BCUT2D eigenvalue weighted by Crippen LogP contribution is 2.26. The van der Waals surface area contributed by atoms with Crippen LogP contribution in [0.5, 0.6) is 5.75 Å². The summed E-state index contributed by atoms with van der Waals surface area (Å²) in [6.45, 7) is 0.0780. The number of nitrogens with zero attached hydrogens (tertiary/aromatic N) is 1. The van der Waals surface area contributed by atoms with Gasteiger partial charge < -0.3 is 10.1 Å². The second-order valence-electron chi connectivity index (χ2n) is 7.09. The van der Waals surface area contributed by atoms with Gasteiger partial charge in [0, 0.05) is 19.6 Å². The van der Waals surface area contributed by atoms with E-state index in [1.165, 1.54) is 31.4 Å². The minimum Gasteiger partial charge on any atom is -0.497 e. The number of benzene rings is 2. The van der Waals surface area contributed by atoms with Crippen LogP contribution in [0.3, 0.4) is 0 Å². The van der Waals surface area contributed by atoms with Crippen LogP contribution >= 0.6 is 0 Å². The van der Waals surface area contributed by atoms with E-state index in [1.807, 2.05) is 0 Å². The van der Waals surface area contributed by atoms with Crippen LogP contribution in [-0.2, 0) is 24.8 Å². The summed E-state index contributed by atoms with van der Waals surface area (Å²) in [5, 5.41) is 2.58. The van der Waals surface area contributed by atoms with E-state index < -0.39 is 37.8 Å². The minimum absolute atomic E-state index is 0.0187. The van der Waals surface area contributed by atoms with Crippen LogP contribution in [0, 0.1) is 5.82 Å². The molecule has 2 aromatic rings. The lowest BCUT2D eigenvalue weighted by Crippen LogP contribution is -2.47. The molecule has 0 spiro atoms. The normalized spacial score (nSPS) is 17.2. The maximum Gasteiger partial charge on any atom is 0.243 e. The quantitative estimate of drug-likeness (QED) is 0.513. The molecule has 1 aliphatic heterocycles. The lowest BCUT2D eigenvalue weighted by atomic mass is 10.2. The number of amides is 1. The molecule has 0 radical (unpaired) electrons. The van der Waals surface area contributed by atoms with E-state index in [9.17, 15) is 26.0 Å². The molecular formula is C20H24FN3O6S2. The lowest BCUT2D eigenvalue weighted by Gasteiger charge is -2.23. The summed E-state index contributed by atoms with van der Waals surface area (Å²) in [5.41, 5.74) is 0. The number of ether oxygens (including phenoxy) is 1. The number of carbonyl (C=O) groups excluding carboxylic acids is 1. The minimum atomic E-state index is -3.96. The van der Waals surface area contributed by atoms with E-state index in [0.717, 1.165) is 28.6 Å². The largest absolute Gasteiger partial charge is 0.497 e. The van der Waals surface area contributed by atoms with Crippen LogP contribution in [0.15, 0.2) is 58.3 Å². The van der Waals surface area contributed by atoms with Gasteiger partial charge in [-0.15, -0.1) is 0 Å². The van der Waals surface area contributed by atoms with Crippen molar-refractivity contribution in [2.45, 2.75) is 28.7 Å². The predicted molar refractivity (Wildman–Crippen MR) is 115 cm³/mol. The van der Waals surface area contributed by atoms with E-state index >= 15 is 0 Å². The van der Waals surface area contributed by atoms with Crippen molar-refractivity contribution in [2.75, 3.05) is 26.7 Å². The first kappa shape index (κ1) is 24.1. The summed E-state index contributed by atoms with van der Waals surface area (Å²) < 4.78 is 71.9. The zero-order chi connectivity index (χ0) is 23.4. The summed E-state index contributed by atoms with van der Waals surface area (Å²) in [4.78, 5) is 12.5. The molecule has 1 heterocycles. The highest BCUT2D eigenvalue weighted by molar-refractivity contribution is 7.89. The average molecular weight is 486 g/mol. The molecule has 0 saturated carbocycles. The first-order chi connectivity index (χ1) is 15.1. The standard InChI is InChI=1S/C20H24FN3O6S2/c1-30-16-6-10-17(11-7-16)31(26,27)23-13-12-22-20(25)19-3-2-14-24(19)32(28,29)18-8-4-15(21)5-9-18/h4-11,19,23H,2-3,12-14H2,1H3,(H,22,25). The Labute approximate surface area is 186 Å². The second-order valence-corrected chi connectivity index (χ2v) is 10.7. The molecule has 1 atom stereocenters. The third kappa shape index (κ3) is 5.44. The molecule has 174 valence electrons. The molecule has 1 fully saturated rings. The maximum absolute atomic E-state index is 13.1. The molecule has 2 aromatic carbocycles. The smallest absolute Gasteiger partial charge is 0.243 e. The van der Waals surface area contributed by atoms with Crippen LogP contribution in [0.2, 0.25) is 0 Å². The third-order valence-corrected chi connectivity index (χ3v) is 8.41. The average Bonchev–Trinajstić information content (AvgIpc) is 3.28. The molecule has 32 heavy (non-hydrogen) atoms. The summed E-state index contributed by atoms with van der Waals surface area (Å²) in [5.74, 6) is -0.554. The molecular weight excluding hydrogens is 461 g/mol. The van der Waals surface area contributed by atoms with Crippen molar-refractivity contribution in [1.29, 1.82) is 0 Å². The Balaban J connectivity index is 1.56. The van der Waals surface area contributed by atoms with Gasteiger partial charge >= 0.3 is 0 Å². The van der Waals surface area contributed by atoms with E-state index in [4.69, 9.17) is 4.74 Å². The van der Waals surface area contributed by atoms with Crippen molar-refractivity contribution in [3.05, 3.63) is 54.3 Å². The summed E-state index contributed by atoms with van der Waals surface area (Å²) in [6, 6.07) is 9.34. The zero-order valence-corrected chi connectivity index (χ0v) is 19.0. The third-order valence-electron chi connectivity index (χ3n) is 5.01. The Morgan fingerprint density at radius 2 is 1.66 bits per heavy atom. The second kappa shape index (κ2) is 9.94. The molecule has 0 aliphatic carbocycles. The van der Waals surface area contributed by atoms with Crippen LogP contribution < -0.4 is 14.8 Å². The molecule has 2 N–H and O–H groups in total. The number of carbonyl (C=O) groups is 1. The molecule has 1 aliphatic rings. The number of hydrogen-bond donors (Lipinski definition) is 2. The van der Waals surface area contributed by atoms with Gasteiger partial charge in [-0.1, -0.05) is 0 Å². The van der Waals surface area contributed by atoms with Gasteiger partial charge in [0.05, 0.1) is 16.9 Å². The van der Waals surface area contributed by atoms with Crippen molar-refractivity contribution < 1.29 is 30.8 Å². The SMILES string of the molecule is COc1ccc(S(=O)(=O)NCCNC(=O)C2CCCN2S(=O)(=O)c2ccc(F)cc2)cc1.